The average Bonchev–Trinajstić information content (AvgIpc) is 2.83. The molecule has 3 saturated carbocycles. The highest BCUT2D eigenvalue weighted by molar-refractivity contribution is 6.70. The lowest BCUT2D eigenvalue weighted by Crippen LogP contribution is -2.57. The van der Waals surface area contributed by atoms with Gasteiger partial charge < -0.3 is 8.85 Å². The van der Waals surface area contributed by atoms with Crippen LogP contribution in [0.25, 0.3) is 0 Å². The summed E-state index contributed by atoms with van der Waals surface area (Å²) >= 11 is 0. The van der Waals surface area contributed by atoms with Crippen molar-refractivity contribution in [3.63, 3.8) is 0 Å². The van der Waals surface area contributed by atoms with Crippen LogP contribution >= 0.6 is 0 Å². The average molecular weight is 449 g/mol. The third-order valence-electron chi connectivity index (χ3n) is 9.72. The molecular weight excluding hydrogens is 400 g/mol. The molecule has 0 amide bonds. The van der Waals surface area contributed by atoms with Crippen molar-refractivity contribution in [3.05, 3.63) is 12.2 Å². The molecular formula is C26H48O2Si2. The van der Waals surface area contributed by atoms with Gasteiger partial charge in [0.1, 0.15) is 0 Å². The number of allylic oxidation sites excluding steroid dienone is 1. The Labute approximate surface area is 188 Å². The van der Waals surface area contributed by atoms with Gasteiger partial charge in [0, 0.05) is 0 Å². The maximum Gasteiger partial charge on any atom is 0.184 e. The quantitative estimate of drug-likeness (QED) is 0.325. The van der Waals surface area contributed by atoms with E-state index in [2.05, 4.69) is 72.2 Å². The Morgan fingerprint density at radius 2 is 1.47 bits per heavy atom. The summed E-state index contributed by atoms with van der Waals surface area (Å²) in [4.78, 5) is 0. The predicted octanol–water partition coefficient (Wildman–Crippen LogP) is 7.64. The predicted molar refractivity (Wildman–Crippen MR) is 133 cm³/mol. The molecule has 0 aliphatic heterocycles. The van der Waals surface area contributed by atoms with Crippen molar-refractivity contribution in [3.8, 4) is 0 Å². The molecule has 2 nitrogen and oxygen atoms in total. The van der Waals surface area contributed by atoms with Gasteiger partial charge in [0.2, 0.25) is 0 Å². The topological polar surface area (TPSA) is 18.5 Å². The molecule has 4 heteroatoms. The number of rotatable bonds is 4. The maximum absolute atomic E-state index is 6.94. The summed E-state index contributed by atoms with van der Waals surface area (Å²) in [5.41, 5.74) is 0.825. The van der Waals surface area contributed by atoms with Gasteiger partial charge in [-0.25, -0.2) is 0 Å². The van der Waals surface area contributed by atoms with Crippen LogP contribution in [-0.2, 0) is 8.85 Å². The third kappa shape index (κ3) is 3.86. The molecule has 3 fully saturated rings. The fraction of sp³-hybridized carbons (Fsp3) is 0.923. The van der Waals surface area contributed by atoms with Gasteiger partial charge in [-0.3, -0.25) is 0 Å². The minimum absolute atomic E-state index is 0.0868. The number of hydrogen-bond acceptors (Lipinski definition) is 2. The molecule has 172 valence electrons. The molecule has 0 aromatic rings. The van der Waals surface area contributed by atoms with Crippen molar-refractivity contribution in [1.82, 2.24) is 0 Å². The highest BCUT2D eigenvalue weighted by atomic mass is 28.4. The van der Waals surface area contributed by atoms with Crippen molar-refractivity contribution < 1.29 is 8.85 Å². The molecule has 5 unspecified atom stereocenters. The largest absolute Gasteiger partial charge is 0.412 e. The van der Waals surface area contributed by atoms with Crippen LogP contribution in [0.1, 0.15) is 65.7 Å². The zero-order valence-electron chi connectivity index (χ0n) is 21.3. The molecule has 4 rings (SSSR count). The summed E-state index contributed by atoms with van der Waals surface area (Å²) in [6, 6.07) is 0. The van der Waals surface area contributed by atoms with Gasteiger partial charge in [-0.1, -0.05) is 26.0 Å². The van der Waals surface area contributed by atoms with E-state index in [1.54, 1.807) is 0 Å². The second kappa shape index (κ2) is 7.30. The lowest BCUT2D eigenvalue weighted by molar-refractivity contribution is -0.125. The van der Waals surface area contributed by atoms with Crippen LogP contribution in [0.15, 0.2) is 12.2 Å². The Bertz CT molecular complexity index is 692. The SMILES string of the molecule is CC12C=C[C@@H](O[Si](C)(C)C)C[C@H]1CCC1C2CCC2(C)C1CC[C@]2(C)O[Si](C)(C)C. The van der Waals surface area contributed by atoms with Crippen molar-refractivity contribution in [2.24, 2.45) is 34.5 Å². The summed E-state index contributed by atoms with van der Waals surface area (Å²) in [5.74, 6) is 3.39. The summed E-state index contributed by atoms with van der Waals surface area (Å²) < 4.78 is 13.4. The van der Waals surface area contributed by atoms with Crippen LogP contribution in [0.3, 0.4) is 0 Å². The van der Waals surface area contributed by atoms with Crippen LogP contribution in [0.5, 0.6) is 0 Å². The zero-order chi connectivity index (χ0) is 22.2. The minimum Gasteiger partial charge on any atom is -0.412 e. The van der Waals surface area contributed by atoms with Gasteiger partial charge in [-0.15, -0.1) is 0 Å². The van der Waals surface area contributed by atoms with Crippen LogP contribution in [-0.4, -0.2) is 28.3 Å². The fourth-order valence-corrected chi connectivity index (χ4v) is 11.2. The lowest BCUT2D eigenvalue weighted by Gasteiger charge is -2.61. The second-order valence-electron chi connectivity index (χ2n) is 13.8. The lowest BCUT2D eigenvalue weighted by atomic mass is 9.45. The monoisotopic (exact) mass is 448 g/mol. The normalized spacial score (nSPS) is 48.8. The number of hydrogen-bond donors (Lipinski definition) is 0. The smallest absolute Gasteiger partial charge is 0.184 e. The third-order valence-corrected chi connectivity index (χ3v) is 11.8. The first kappa shape index (κ1) is 23.3. The summed E-state index contributed by atoms with van der Waals surface area (Å²) in [6.45, 7) is 21.8. The molecule has 4 aliphatic carbocycles. The van der Waals surface area contributed by atoms with E-state index in [-0.39, 0.29) is 5.60 Å². The van der Waals surface area contributed by atoms with Gasteiger partial charge in [0.15, 0.2) is 16.6 Å². The van der Waals surface area contributed by atoms with Gasteiger partial charge >= 0.3 is 0 Å². The molecule has 0 bridgehead atoms. The van der Waals surface area contributed by atoms with E-state index in [1.807, 2.05) is 0 Å². The first-order valence-electron chi connectivity index (χ1n) is 12.7. The molecule has 0 heterocycles. The molecule has 8 atom stereocenters. The van der Waals surface area contributed by atoms with E-state index in [0.29, 0.717) is 16.9 Å². The summed E-state index contributed by atoms with van der Waals surface area (Å²) in [6.07, 6.45) is 14.9. The van der Waals surface area contributed by atoms with E-state index in [9.17, 15) is 0 Å². The van der Waals surface area contributed by atoms with Gasteiger partial charge in [-0.2, -0.15) is 0 Å². The van der Waals surface area contributed by atoms with Crippen LogP contribution < -0.4 is 0 Å². The molecule has 0 N–H and O–H groups in total. The van der Waals surface area contributed by atoms with E-state index in [4.69, 9.17) is 8.85 Å². The van der Waals surface area contributed by atoms with E-state index < -0.39 is 16.6 Å². The number of fused-ring (bicyclic) bond motifs is 5. The van der Waals surface area contributed by atoms with Crippen molar-refractivity contribution in [2.75, 3.05) is 0 Å². The van der Waals surface area contributed by atoms with E-state index in [0.717, 1.165) is 23.7 Å². The maximum atomic E-state index is 6.94. The van der Waals surface area contributed by atoms with E-state index in [1.165, 1.54) is 44.9 Å². The first-order valence-corrected chi connectivity index (χ1v) is 19.6. The van der Waals surface area contributed by atoms with Crippen LogP contribution in [0.2, 0.25) is 39.3 Å². The molecule has 0 aromatic heterocycles. The standard InChI is InChI=1S/C26H48O2Si2/c1-24-15-12-20(27-29(4,5)6)18-19(24)10-11-21-22(24)13-16-25(2)23(21)14-17-26(25,3)28-30(7,8)9/h12,15,19-23H,10-11,13-14,16-18H2,1-9H3/t19-,20-,21?,22?,23?,24?,25?,26+/m1/s1. The molecule has 0 radical (unpaired) electrons. The van der Waals surface area contributed by atoms with Gasteiger partial charge in [0.05, 0.1) is 11.7 Å². The molecule has 0 aromatic carbocycles. The Balaban J connectivity index is 1.56. The molecule has 30 heavy (non-hydrogen) atoms. The van der Waals surface area contributed by atoms with Gasteiger partial charge in [-0.05, 0) is 126 Å². The molecule has 4 aliphatic rings. The Morgan fingerprint density at radius 1 is 0.800 bits per heavy atom. The minimum atomic E-state index is -1.55. The zero-order valence-corrected chi connectivity index (χ0v) is 23.3. The Kier molecular flexibility index (Phi) is 5.66. The Morgan fingerprint density at radius 3 is 2.10 bits per heavy atom. The van der Waals surface area contributed by atoms with Crippen molar-refractivity contribution in [2.45, 2.75) is 117 Å². The second-order valence-corrected chi connectivity index (χ2v) is 22.7. The van der Waals surface area contributed by atoms with Gasteiger partial charge in [0.25, 0.3) is 0 Å². The van der Waals surface area contributed by atoms with Crippen molar-refractivity contribution >= 4 is 16.6 Å². The highest BCUT2D eigenvalue weighted by Crippen LogP contribution is 2.68. The summed E-state index contributed by atoms with van der Waals surface area (Å²) in [7, 11) is -3.04. The highest BCUT2D eigenvalue weighted by Gasteiger charge is 2.64. The van der Waals surface area contributed by atoms with Crippen LogP contribution in [0.4, 0.5) is 0 Å². The fourth-order valence-electron chi connectivity index (χ4n) is 8.39. The van der Waals surface area contributed by atoms with E-state index >= 15 is 0 Å². The Hall–Kier alpha value is 0.0938. The van der Waals surface area contributed by atoms with Crippen molar-refractivity contribution in [1.29, 1.82) is 0 Å². The van der Waals surface area contributed by atoms with Crippen LogP contribution in [0, 0.1) is 34.5 Å². The molecule has 0 saturated heterocycles. The molecule has 0 spiro atoms. The summed E-state index contributed by atoms with van der Waals surface area (Å²) in [5, 5.41) is 0. The first-order chi connectivity index (χ1) is 13.7.